The van der Waals surface area contributed by atoms with Crippen molar-refractivity contribution >= 4 is 6.09 Å². The fraction of sp³-hybridized carbons (Fsp3) is 0.545. The Bertz CT molecular complexity index is 329. The quantitative estimate of drug-likeness (QED) is 0.798. The number of nitrogens with zero attached hydrogens (tertiary/aromatic N) is 2. The second kappa shape index (κ2) is 5.03. The highest BCUT2D eigenvalue weighted by Gasteiger charge is 2.19. The maximum Gasteiger partial charge on any atom is 0.407 e. The van der Waals surface area contributed by atoms with Crippen molar-refractivity contribution in [3.63, 3.8) is 0 Å². The van der Waals surface area contributed by atoms with E-state index in [1.165, 1.54) is 10.6 Å². The molecular weight excluding hydrogens is 206 g/mol. The molecule has 0 bridgehead atoms. The standard InChI is InChI=1S/C11H17N3O2/c15-11(16)14-8-6-13(7-9-14)5-3-10-2-1-4-12-10/h1-2,4,12H,3,5-9H2,(H,15,16). The number of H-pyrrole nitrogens is 1. The van der Waals surface area contributed by atoms with Gasteiger partial charge in [0.15, 0.2) is 0 Å². The number of nitrogens with one attached hydrogen (secondary N) is 1. The summed E-state index contributed by atoms with van der Waals surface area (Å²) in [5.41, 5.74) is 1.24. The van der Waals surface area contributed by atoms with Gasteiger partial charge in [-0.2, -0.15) is 0 Å². The van der Waals surface area contributed by atoms with Crippen LogP contribution in [0.1, 0.15) is 5.69 Å². The van der Waals surface area contributed by atoms with Crippen molar-refractivity contribution in [2.45, 2.75) is 6.42 Å². The summed E-state index contributed by atoms with van der Waals surface area (Å²) < 4.78 is 0. The van der Waals surface area contributed by atoms with Crippen LogP contribution in [-0.4, -0.2) is 58.7 Å². The summed E-state index contributed by atoms with van der Waals surface area (Å²) in [5.74, 6) is 0. The summed E-state index contributed by atoms with van der Waals surface area (Å²) in [6.45, 7) is 3.92. The van der Waals surface area contributed by atoms with Crippen LogP contribution >= 0.6 is 0 Å². The van der Waals surface area contributed by atoms with Crippen LogP contribution in [0.5, 0.6) is 0 Å². The number of carbonyl (C=O) groups is 1. The van der Waals surface area contributed by atoms with Crippen LogP contribution in [0.3, 0.4) is 0 Å². The van der Waals surface area contributed by atoms with E-state index in [9.17, 15) is 4.79 Å². The van der Waals surface area contributed by atoms with Gasteiger partial charge in [0.1, 0.15) is 0 Å². The van der Waals surface area contributed by atoms with Gasteiger partial charge in [0.25, 0.3) is 0 Å². The van der Waals surface area contributed by atoms with Crippen molar-refractivity contribution in [1.29, 1.82) is 0 Å². The van der Waals surface area contributed by atoms with Crippen molar-refractivity contribution in [3.05, 3.63) is 24.0 Å². The van der Waals surface area contributed by atoms with Crippen LogP contribution < -0.4 is 0 Å². The fourth-order valence-corrected chi connectivity index (χ4v) is 1.96. The molecule has 16 heavy (non-hydrogen) atoms. The maximum atomic E-state index is 10.7. The minimum Gasteiger partial charge on any atom is -0.465 e. The van der Waals surface area contributed by atoms with E-state index in [1.807, 2.05) is 12.3 Å². The number of hydrogen-bond acceptors (Lipinski definition) is 2. The smallest absolute Gasteiger partial charge is 0.407 e. The molecule has 0 unspecified atom stereocenters. The number of piperazine rings is 1. The zero-order valence-corrected chi connectivity index (χ0v) is 9.22. The minimum absolute atomic E-state index is 0.625. The molecule has 1 aliphatic rings. The molecule has 1 aromatic heterocycles. The summed E-state index contributed by atoms with van der Waals surface area (Å²) in [6.07, 6.45) is 2.13. The third-order valence-electron chi connectivity index (χ3n) is 3.00. The minimum atomic E-state index is -0.802. The highest BCUT2D eigenvalue weighted by molar-refractivity contribution is 5.65. The van der Waals surface area contributed by atoms with Gasteiger partial charge in [-0.1, -0.05) is 0 Å². The molecule has 5 heteroatoms. The molecule has 0 aromatic carbocycles. The molecular formula is C11H17N3O2. The number of rotatable bonds is 3. The van der Waals surface area contributed by atoms with Gasteiger partial charge in [-0.15, -0.1) is 0 Å². The zero-order valence-electron chi connectivity index (χ0n) is 9.22. The van der Waals surface area contributed by atoms with Crippen LogP contribution in [0.15, 0.2) is 18.3 Å². The molecule has 0 spiro atoms. The Morgan fingerprint density at radius 3 is 2.69 bits per heavy atom. The Labute approximate surface area is 94.7 Å². The van der Waals surface area contributed by atoms with E-state index in [0.717, 1.165) is 26.1 Å². The Hall–Kier alpha value is -1.49. The van der Waals surface area contributed by atoms with Gasteiger partial charge >= 0.3 is 6.09 Å². The molecule has 5 nitrogen and oxygen atoms in total. The molecule has 0 radical (unpaired) electrons. The number of aromatic nitrogens is 1. The lowest BCUT2D eigenvalue weighted by Crippen LogP contribution is -2.48. The van der Waals surface area contributed by atoms with E-state index in [1.54, 1.807) is 0 Å². The molecule has 1 aliphatic heterocycles. The summed E-state index contributed by atoms with van der Waals surface area (Å²) in [4.78, 5) is 17.7. The van der Waals surface area contributed by atoms with E-state index >= 15 is 0 Å². The predicted octanol–water partition coefficient (Wildman–Crippen LogP) is 0.853. The molecule has 2 rings (SSSR count). The number of hydrogen-bond donors (Lipinski definition) is 2. The summed E-state index contributed by atoms with van der Waals surface area (Å²) >= 11 is 0. The number of carboxylic acid groups (broad SMARTS) is 1. The van der Waals surface area contributed by atoms with Gasteiger partial charge in [0.05, 0.1) is 0 Å². The molecule has 2 N–H and O–H groups in total. The predicted molar refractivity (Wildman–Crippen MR) is 60.5 cm³/mol. The Kier molecular flexibility index (Phi) is 3.46. The first-order valence-corrected chi connectivity index (χ1v) is 5.58. The van der Waals surface area contributed by atoms with Crippen molar-refractivity contribution < 1.29 is 9.90 Å². The maximum absolute atomic E-state index is 10.7. The average molecular weight is 223 g/mol. The highest BCUT2D eigenvalue weighted by atomic mass is 16.4. The van der Waals surface area contributed by atoms with E-state index in [0.29, 0.717) is 13.1 Å². The molecule has 0 atom stereocenters. The molecule has 0 aliphatic carbocycles. The first kappa shape index (κ1) is 11.0. The molecule has 1 saturated heterocycles. The van der Waals surface area contributed by atoms with Crippen LogP contribution in [0.25, 0.3) is 0 Å². The summed E-state index contributed by atoms with van der Waals surface area (Å²) in [7, 11) is 0. The van der Waals surface area contributed by atoms with Crippen molar-refractivity contribution in [2.24, 2.45) is 0 Å². The van der Waals surface area contributed by atoms with Crippen LogP contribution in [0.4, 0.5) is 4.79 Å². The van der Waals surface area contributed by atoms with Gasteiger partial charge in [-0.25, -0.2) is 4.79 Å². The molecule has 1 fully saturated rings. The second-order valence-electron chi connectivity index (χ2n) is 4.06. The summed E-state index contributed by atoms with van der Waals surface area (Å²) in [5, 5.41) is 8.81. The Balaban J connectivity index is 1.71. The molecule has 1 amide bonds. The Morgan fingerprint density at radius 2 is 2.12 bits per heavy atom. The van der Waals surface area contributed by atoms with Crippen LogP contribution in [-0.2, 0) is 6.42 Å². The molecule has 0 saturated carbocycles. The first-order chi connectivity index (χ1) is 7.75. The normalized spacial score (nSPS) is 17.6. The van der Waals surface area contributed by atoms with Crippen LogP contribution in [0, 0.1) is 0 Å². The van der Waals surface area contributed by atoms with Gasteiger partial charge in [-0.05, 0) is 12.1 Å². The third-order valence-corrected chi connectivity index (χ3v) is 3.00. The van der Waals surface area contributed by atoms with Crippen LogP contribution in [0.2, 0.25) is 0 Å². The van der Waals surface area contributed by atoms with Crippen molar-refractivity contribution in [3.8, 4) is 0 Å². The third kappa shape index (κ3) is 2.76. The average Bonchev–Trinajstić information content (AvgIpc) is 2.80. The lowest BCUT2D eigenvalue weighted by atomic mass is 10.2. The second-order valence-corrected chi connectivity index (χ2v) is 4.06. The van der Waals surface area contributed by atoms with Gasteiger partial charge in [0.2, 0.25) is 0 Å². The van der Waals surface area contributed by atoms with Crippen molar-refractivity contribution in [2.75, 3.05) is 32.7 Å². The SMILES string of the molecule is O=C(O)N1CCN(CCc2ccc[nH]2)CC1. The number of amides is 1. The highest BCUT2D eigenvalue weighted by Crippen LogP contribution is 2.04. The van der Waals surface area contributed by atoms with E-state index < -0.39 is 6.09 Å². The van der Waals surface area contributed by atoms with Gasteiger partial charge < -0.3 is 15.0 Å². The lowest BCUT2D eigenvalue weighted by molar-refractivity contribution is 0.106. The van der Waals surface area contributed by atoms with Gasteiger partial charge in [0, 0.05) is 51.0 Å². The van der Waals surface area contributed by atoms with E-state index in [2.05, 4.69) is 16.0 Å². The van der Waals surface area contributed by atoms with Gasteiger partial charge in [-0.3, -0.25) is 4.90 Å². The van der Waals surface area contributed by atoms with Crippen molar-refractivity contribution in [1.82, 2.24) is 14.8 Å². The molecule has 2 heterocycles. The molecule has 1 aromatic rings. The Morgan fingerprint density at radius 1 is 1.38 bits per heavy atom. The lowest BCUT2D eigenvalue weighted by Gasteiger charge is -2.32. The number of aromatic amines is 1. The first-order valence-electron chi connectivity index (χ1n) is 5.58. The zero-order chi connectivity index (χ0) is 11.4. The largest absolute Gasteiger partial charge is 0.465 e. The fourth-order valence-electron chi connectivity index (χ4n) is 1.96. The topological polar surface area (TPSA) is 59.6 Å². The summed E-state index contributed by atoms with van der Waals surface area (Å²) in [6, 6.07) is 4.07. The monoisotopic (exact) mass is 223 g/mol. The molecule has 88 valence electrons. The van der Waals surface area contributed by atoms with E-state index in [4.69, 9.17) is 5.11 Å². The van der Waals surface area contributed by atoms with E-state index in [-0.39, 0.29) is 0 Å².